The molecule has 0 atom stereocenters. The standard InChI is InChI=1S/C21H26FN3O3S/c1-24(2)29(27,28)25-14-12-21(13-15-25,17-8-4-3-5-9-17)16-23-20(26)18-10-6-7-11-19(18)22/h3-11H,12-16H2,1-2H3,(H,23,26). The molecule has 1 N–H and O–H groups in total. The normalized spacial score (nSPS) is 17.2. The quantitative estimate of drug-likeness (QED) is 0.782. The highest BCUT2D eigenvalue weighted by molar-refractivity contribution is 7.86. The minimum atomic E-state index is -3.48. The van der Waals surface area contributed by atoms with Crippen molar-refractivity contribution in [1.29, 1.82) is 0 Å². The molecular formula is C21H26FN3O3S. The molecule has 1 aliphatic heterocycles. The Labute approximate surface area is 171 Å². The van der Waals surface area contributed by atoms with Gasteiger partial charge in [-0.3, -0.25) is 4.79 Å². The third kappa shape index (κ3) is 4.49. The second kappa shape index (κ2) is 8.61. The molecule has 2 aromatic rings. The van der Waals surface area contributed by atoms with Gasteiger partial charge in [0.15, 0.2) is 0 Å². The Bertz CT molecular complexity index is 956. The molecule has 2 aromatic carbocycles. The summed E-state index contributed by atoms with van der Waals surface area (Å²) < 4.78 is 41.5. The largest absolute Gasteiger partial charge is 0.351 e. The van der Waals surface area contributed by atoms with Crippen LogP contribution in [-0.4, -0.2) is 56.7 Å². The average Bonchev–Trinajstić information content (AvgIpc) is 2.73. The number of hydrogen-bond donors (Lipinski definition) is 1. The number of amides is 1. The number of carbonyl (C=O) groups is 1. The van der Waals surface area contributed by atoms with Crippen molar-refractivity contribution in [2.45, 2.75) is 18.3 Å². The first-order chi connectivity index (χ1) is 13.8. The molecule has 0 spiro atoms. The number of hydrogen-bond acceptors (Lipinski definition) is 3. The van der Waals surface area contributed by atoms with E-state index in [9.17, 15) is 17.6 Å². The maximum Gasteiger partial charge on any atom is 0.281 e. The zero-order chi connectivity index (χ0) is 21.1. The van der Waals surface area contributed by atoms with E-state index in [2.05, 4.69) is 5.32 Å². The lowest BCUT2D eigenvalue weighted by Crippen LogP contribution is -2.52. The lowest BCUT2D eigenvalue weighted by molar-refractivity contribution is 0.0928. The molecule has 1 aliphatic rings. The Morgan fingerprint density at radius 2 is 1.66 bits per heavy atom. The molecular weight excluding hydrogens is 393 g/mol. The molecule has 0 aliphatic carbocycles. The number of halogens is 1. The first kappa shape index (κ1) is 21.4. The fraction of sp³-hybridized carbons (Fsp3) is 0.381. The van der Waals surface area contributed by atoms with E-state index in [1.54, 1.807) is 12.1 Å². The fourth-order valence-corrected chi connectivity index (χ4v) is 4.83. The number of carbonyl (C=O) groups excluding carboxylic acids is 1. The third-order valence-electron chi connectivity index (χ3n) is 5.56. The van der Waals surface area contributed by atoms with E-state index < -0.39 is 27.3 Å². The number of nitrogens with zero attached hydrogens (tertiary/aromatic N) is 2. The fourth-order valence-electron chi connectivity index (χ4n) is 3.73. The molecule has 0 radical (unpaired) electrons. The van der Waals surface area contributed by atoms with Crippen molar-refractivity contribution in [3.63, 3.8) is 0 Å². The predicted octanol–water partition coefficient (Wildman–Crippen LogP) is 2.40. The molecule has 6 nitrogen and oxygen atoms in total. The highest BCUT2D eigenvalue weighted by Crippen LogP contribution is 2.36. The molecule has 1 fully saturated rings. The Morgan fingerprint density at radius 1 is 1.07 bits per heavy atom. The van der Waals surface area contributed by atoms with Crippen molar-refractivity contribution >= 4 is 16.1 Å². The van der Waals surface area contributed by atoms with Crippen LogP contribution in [0.1, 0.15) is 28.8 Å². The first-order valence-electron chi connectivity index (χ1n) is 9.52. The van der Waals surface area contributed by atoms with Gasteiger partial charge in [-0.1, -0.05) is 42.5 Å². The van der Waals surface area contributed by atoms with E-state index in [4.69, 9.17) is 0 Å². The van der Waals surface area contributed by atoms with Crippen LogP contribution in [0.15, 0.2) is 54.6 Å². The van der Waals surface area contributed by atoms with E-state index in [0.717, 1.165) is 5.56 Å². The van der Waals surface area contributed by atoms with Crippen LogP contribution in [0.4, 0.5) is 4.39 Å². The second-order valence-corrected chi connectivity index (χ2v) is 9.64. The minimum absolute atomic E-state index is 0.00309. The molecule has 0 saturated carbocycles. The smallest absolute Gasteiger partial charge is 0.281 e. The SMILES string of the molecule is CN(C)S(=O)(=O)N1CCC(CNC(=O)c2ccccc2F)(c2ccccc2)CC1. The molecule has 3 rings (SSSR count). The maximum atomic E-state index is 13.9. The number of nitrogens with one attached hydrogen (secondary N) is 1. The highest BCUT2D eigenvalue weighted by Gasteiger charge is 2.40. The summed E-state index contributed by atoms with van der Waals surface area (Å²) in [5.74, 6) is -1.03. The summed E-state index contributed by atoms with van der Waals surface area (Å²) in [6, 6.07) is 15.6. The molecule has 29 heavy (non-hydrogen) atoms. The van der Waals surface area contributed by atoms with Gasteiger partial charge in [0.2, 0.25) is 0 Å². The predicted molar refractivity (Wildman–Crippen MR) is 110 cm³/mol. The zero-order valence-electron chi connectivity index (χ0n) is 16.6. The van der Waals surface area contributed by atoms with E-state index in [0.29, 0.717) is 32.5 Å². The van der Waals surface area contributed by atoms with Crippen LogP contribution in [0, 0.1) is 5.82 Å². The lowest BCUT2D eigenvalue weighted by atomic mass is 9.73. The van der Waals surface area contributed by atoms with Crippen LogP contribution in [0.2, 0.25) is 0 Å². The zero-order valence-corrected chi connectivity index (χ0v) is 17.5. The topological polar surface area (TPSA) is 69.7 Å². The first-order valence-corrected chi connectivity index (χ1v) is 10.9. The molecule has 1 heterocycles. The van der Waals surface area contributed by atoms with Gasteiger partial charge in [-0.2, -0.15) is 17.0 Å². The monoisotopic (exact) mass is 419 g/mol. The third-order valence-corrected chi connectivity index (χ3v) is 7.50. The molecule has 1 saturated heterocycles. The summed E-state index contributed by atoms with van der Waals surface area (Å²) in [5, 5.41) is 2.87. The Morgan fingerprint density at radius 3 is 2.24 bits per heavy atom. The number of benzene rings is 2. The Hall–Kier alpha value is -2.29. The van der Waals surface area contributed by atoms with Crippen molar-refractivity contribution in [2.24, 2.45) is 0 Å². The van der Waals surface area contributed by atoms with Crippen LogP contribution in [-0.2, 0) is 15.6 Å². The summed E-state index contributed by atoms with van der Waals surface area (Å²) in [4.78, 5) is 12.5. The summed E-state index contributed by atoms with van der Waals surface area (Å²) in [7, 11) is -0.449. The van der Waals surface area contributed by atoms with Gasteiger partial charge in [-0.25, -0.2) is 4.39 Å². The maximum absolute atomic E-state index is 13.9. The molecule has 1 amide bonds. The lowest BCUT2D eigenvalue weighted by Gasteiger charge is -2.42. The van der Waals surface area contributed by atoms with Crippen molar-refractivity contribution < 1.29 is 17.6 Å². The highest BCUT2D eigenvalue weighted by atomic mass is 32.2. The van der Waals surface area contributed by atoms with E-state index >= 15 is 0 Å². The summed E-state index contributed by atoms with van der Waals surface area (Å²) >= 11 is 0. The van der Waals surface area contributed by atoms with Crippen LogP contribution in [0.25, 0.3) is 0 Å². The van der Waals surface area contributed by atoms with Gasteiger partial charge in [0.1, 0.15) is 5.82 Å². The van der Waals surface area contributed by atoms with Crippen LogP contribution in [0.3, 0.4) is 0 Å². The van der Waals surface area contributed by atoms with Gasteiger partial charge in [0.25, 0.3) is 16.1 Å². The molecule has 0 aromatic heterocycles. The van der Waals surface area contributed by atoms with E-state index in [1.807, 2.05) is 30.3 Å². The second-order valence-electron chi connectivity index (χ2n) is 7.50. The van der Waals surface area contributed by atoms with E-state index in [-0.39, 0.29) is 5.56 Å². The van der Waals surface area contributed by atoms with Gasteiger partial charge in [0, 0.05) is 39.1 Å². The van der Waals surface area contributed by atoms with Crippen LogP contribution >= 0.6 is 0 Å². The summed E-state index contributed by atoms with van der Waals surface area (Å²) in [6.07, 6.45) is 1.11. The van der Waals surface area contributed by atoms with Crippen molar-refractivity contribution in [2.75, 3.05) is 33.7 Å². The Balaban J connectivity index is 1.80. The molecule has 8 heteroatoms. The summed E-state index contributed by atoms with van der Waals surface area (Å²) in [5.41, 5.74) is 0.625. The van der Waals surface area contributed by atoms with Gasteiger partial charge in [-0.15, -0.1) is 0 Å². The van der Waals surface area contributed by atoms with Gasteiger partial charge < -0.3 is 5.32 Å². The van der Waals surface area contributed by atoms with Crippen LogP contribution < -0.4 is 5.32 Å². The van der Waals surface area contributed by atoms with Gasteiger partial charge in [0.05, 0.1) is 5.56 Å². The molecule has 0 bridgehead atoms. The van der Waals surface area contributed by atoms with Gasteiger partial charge in [-0.05, 0) is 30.5 Å². The number of piperidine rings is 1. The van der Waals surface area contributed by atoms with Crippen LogP contribution in [0.5, 0.6) is 0 Å². The van der Waals surface area contributed by atoms with Crippen molar-refractivity contribution in [3.05, 3.63) is 71.5 Å². The van der Waals surface area contributed by atoms with E-state index in [1.165, 1.54) is 34.8 Å². The summed E-state index contributed by atoms with van der Waals surface area (Å²) in [6.45, 7) is 1.01. The minimum Gasteiger partial charge on any atom is -0.351 e. The molecule has 0 unspecified atom stereocenters. The Kier molecular flexibility index (Phi) is 6.36. The van der Waals surface area contributed by atoms with Crippen molar-refractivity contribution in [1.82, 2.24) is 13.9 Å². The van der Waals surface area contributed by atoms with Gasteiger partial charge >= 0.3 is 0 Å². The van der Waals surface area contributed by atoms with Crippen molar-refractivity contribution in [3.8, 4) is 0 Å². The number of rotatable bonds is 6. The average molecular weight is 420 g/mol. The molecule has 156 valence electrons.